The molecule has 0 aromatic rings. The SMILES string of the molecule is C[C@@H](CC(=O)[C@@H]1C[C@H](N)CN1)[C@H]1C(=O)N2C(C(=O)O)=C(S)C[C@@H]12. The molecule has 3 rings (SSSR count). The first-order valence-corrected chi connectivity index (χ1v) is 8.26. The van der Waals surface area contributed by atoms with Crippen LogP contribution in [0.25, 0.3) is 0 Å². The lowest BCUT2D eigenvalue weighted by atomic mass is 9.75. The highest BCUT2D eigenvalue weighted by atomic mass is 32.1. The second-order valence-corrected chi connectivity index (χ2v) is 7.25. The number of nitrogens with zero attached hydrogens (tertiary/aromatic N) is 1. The molecule has 0 aromatic heterocycles. The lowest BCUT2D eigenvalue weighted by Crippen LogP contribution is -2.60. The van der Waals surface area contributed by atoms with Gasteiger partial charge in [0.1, 0.15) is 11.5 Å². The molecule has 0 unspecified atom stereocenters. The number of thiol groups is 1. The quantitative estimate of drug-likeness (QED) is 0.405. The number of amides is 1. The normalized spacial score (nSPS) is 34.4. The molecule has 23 heavy (non-hydrogen) atoms. The number of hydrogen-bond donors (Lipinski definition) is 4. The van der Waals surface area contributed by atoms with Gasteiger partial charge in [0.05, 0.1) is 18.0 Å². The number of ketones is 1. The van der Waals surface area contributed by atoms with Gasteiger partial charge in [0, 0.05) is 30.3 Å². The van der Waals surface area contributed by atoms with Gasteiger partial charge in [-0.2, -0.15) is 0 Å². The average Bonchev–Trinajstić information content (AvgIpc) is 3.01. The number of hydrogen-bond acceptors (Lipinski definition) is 6. The molecule has 126 valence electrons. The summed E-state index contributed by atoms with van der Waals surface area (Å²) in [7, 11) is 0. The monoisotopic (exact) mass is 339 g/mol. The second kappa shape index (κ2) is 5.92. The highest BCUT2D eigenvalue weighted by molar-refractivity contribution is 7.84. The molecule has 0 radical (unpaired) electrons. The summed E-state index contributed by atoms with van der Waals surface area (Å²) >= 11 is 4.20. The standard InChI is InChI=1S/C15H21N3O4S/c1-6(2-10(19)8-3-7(16)5-17-8)12-9-4-11(23)13(15(21)22)18(9)14(12)20/h6-9,12,17,23H,2-5,16H2,1H3,(H,21,22)/t6-,7-,8-,9-,12+/m0/s1. The number of nitrogens with two attached hydrogens (primary N) is 1. The Labute approximate surface area is 139 Å². The molecule has 5 atom stereocenters. The number of carbonyl (C=O) groups is 3. The highest BCUT2D eigenvalue weighted by Crippen LogP contribution is 2.46. The van der Waals surface area contributed by atoms with Crippen molar-refractivity contribution in [2.75, 3.05) is 6.54 Å². The van der Waals surface area contributed by atoms with Crippen LogP contribution in [0.15, 0.2) is 10.6 Å². The van der Waals surface area contributed by atoms with Gasteiger partial charge in [-0.25, -0.2) is 4.79 Å². The number of Topliss-reactive ketones (excluding diaryl/α,β-unsaturated/α-hetero) is 1. The summed E-state index contributed by atoms with van der Waals surface area (Å²) in [6.45, 7) is 2.52. The van der Waals surface area contributed by atoms with Crippen LogP contribution in [0.1, 0.15) is 26.2 Å². The lowest BCUT2D eigenvalue weighted by Gasteiger charge is -2.46. The molecule has 3 heterocycles. The zero-order valence-corrected chi connectivity index (χ0v) is 13.8. The predicted octanol–water partition coefficient (Wildman–Crippen LogP) is -0.272. The van der Waals surface area contributed by atoms with E-state index >= 15 is 0 Å². The van der Waals surface area contributed by atoms with Crippen molar-refractivity contribution in [1.29, 1.82) is 0 Å². The number of carbonyl (C=O) groups excluding carboxylic acids is 2. The van der Waals surface area contributed by atoms with Crippen molar-refractivity contribution in [2.45, 2.75) is 44.3 Å². The minimum atomic E-state index is -1.13. The fourth-order valence-corrected chi connectivity index (χ4v) is 4.33. The van der Waals surface area contributed by atoms with E-state index < -0.39 is 5.97 Å². The second-order valence-electron chi connectivity index (χ2n) is 6.71. The fourth-order valence-electron chi connectivity index (χ4n) is 3.94. The van der Waals surface area contributed by atoms with Crippen molar-refractivity contribution in [3.8, 4) is 0 Å². The van der Waals surface area contributed by atoms with E-state index in [0.717, 1.165) is 0 Å². The molecule has 3 aliphatic heterocycles. The minimum absolute atomic E-state index is 0.00368. The Balaban J connectivity index is 1.62. The van der Waals surface area contributed by atoms with Crippen molar-refractivity contribution in [3.05, 3.63) is 10.6 Å². The summed E-state index contributed by atoms with van der Waals surface area (Å²) in [6.07, 6.45) is 1.38. The molecular formula is C15H21N3O4S. The predicted molar refractivity (Wildman–Crippen MR) is 85.6 cm³/mol. The number of fused-ring (bicyclic) bond motifs is 1. The van der Waals surface area contributed by atoms with Crippen LogP contribution in [0.2, 0.25) is 0 Å². The largest absolute Gasteiger partial charge is 0.477 e. The zero-order chi connectivity index (χ0) is 16.9. The number of aliphatic carboxylic acids is 1. The Hall–Kier alpha value is -1.38. The molecule has 8 heteroatoms. The summed E-state index contributed by atoms with van der Waals surface area (Å²) in [4.78, 5) is 37.6. The average molecular weight is 339 g/mol. The Kier molecular flexibility index (Phi) is 4.24. The van der Waals surface area contributed by atoms with Gasteiger partial charge in [-0.15, -0.1) is 12.6 Å². The van der Waals surface area contributed by atoms with Crippen LogP contribution < -0.4 is 11.1 Å². The summed E-state index contributed by atoms with van der Waals surface area (Å²) in [5, 5.41) is 12.3. The maximum Gasteiger partial charge on any atom is 0.353 e. The third-order valence-corrected chi connectivity index (χ3v) is 5.47. The number of β-lactam (4-membered cyclic amide) rings is 1. The van der Waals surface area contributed by atoms with E-state index in [4.69, 9.17) is 5.73 Å². The maximum absolute atomic E-state index is 12.3. The first kappa shape index (κ1) is 16.5. The summed E-state index contributed by atoms with van der Waals surface area (Å²) in [5.41, 5.74) is 5.78. The molecule has 0 spiro atoms. The number of carboxylic acid groups (broad SMARTS) is 1. The van der Waals surface area contributed by atoms with Crippen molar-refractivity contribution in [2.24, 2.45) is 17.6 Å². The van der Waals surface area contributed by atoms with Crippen LogP contribution in [0.4, 0.5) is 0 Å². The van der Waals surface area contributed by atoms with Crippen molar-refractivity contribution >= 4 is 30.3 Å². The Morgan fingerprint density at radius 3 is 2.78 bits per heavy atom. The number of rotatable bonds is 5. The minimum Gasteiger partial charge on any atom is -0.477 e. The van der Waals surface area contributed by atoms with Crippen molar-refractivity contribution in [3.63, 3.8) is 0 Å². The molecule has 0 saturated carbocycles. The fraction of sp³-hybridized carbons (Fsp3) is 0.667. The zero-order valence-electron chi connectivity index (χ0n) is 12.9. The van der Waals surface area contributed by atoms with Gasteiger partial charge in [-0.3, -0.25) is 9.59 Å². The third kappa shape index (κ3) is 2.68. The third-order valence-electron chi connectivity index (χ3n) is 5.08. The van der Waals surface area contributed by atoms with E-state index in [0.29, 0.717) is 30.7 Å². The Morgan fingerprint density at radius 2 is 2.22 bits per heavy atom. The maximum atomic E-state index is 12.3. The molecule has 2 fully saturated rings. The molecule has 2 saturated heterocycles. The topological polar surface area (TPSA) is 113 Å². The van der Waals surface area contributed by atoms with E-state index in [2.05, 4.69) is 17.9 Å². The Bertz CT molecular complexity index is 606. The van der Waals surface area contributed by atoms with E-state index in [1.165, 1.54) is 4.90 Å². The van der Waals surface area contributed by atoms with Crippen LogP contribution in [0, 0.1) is 11.8 Å². The molecule has 4 N–H and O–H groups in total. The highest BCUT2D eigenvalue weighted by Gasteiger charge is 2.56. The molecular weight excluding hydrogens is 318 g/mol. The van der Waals surface area contributed by atoms with Gasteiger partial charge >= 0.3 is 5.97 Å². The molecule has 1 amide bonds. The first-order valence-electron chi connectivity index (χ1n) is 7.81. The molecule has 3 aliphatic rings. The van der Waals surface area contributed by atoms with Gasteiger partial charge in [-0.05, 0) is 12.3 Å². The van der Waals surface area contributed by atoms with Crippen LogP contribution in [0.5, 0.6) is 0 Å². The van der Waals surface area contributed by atoms with Gasteiger partial charge < -0.3 is 21.1 Å². The summed E-state index contributed by atoms with van der Waals surface area (Å²) < 4.78 is 0. The summed E-state index contributed by atoms with van der Waals surface area (Å²) in [5.74, 6) is -1.70. The number of carboxylic acids is 1. The van der Waals surface area contributed by atoms with Gasteiger partial charge in [-0.1, -0.05) is 6.92 Å². The van der Waals surface area contributed by atoms with E-state index in [1.54, 1.807) is 0 Å². The summed E-state index contributed by atoms with van der Waals surface area (Å²) in [6, 6.07) is -0.401. The van der Waals surface area contributed by atoms with E-state index in [1.807, 2.05) is 6.92 Å². The smallest absolute Gasteiger partial charge is 0.353 e. The first-order chi connectivity index (χ1) is 10.8. The van der Waals surface area contributed by atoms with Gasteiger partial charge in [0.2, 0.25) is 5.91 Å². The van der Waals surface area contributed by atoms with Crippen LogP contribution in [-0.4, -0.2) is 52.3 Å². The van der Waals surface area contributed by atoms with Crippen molar-refractivity contribution < 1.29 is 19.5 Å². The van der Waals surface area contributed by atoms with Gasteiger partial charge in [0.15, 0.2) is 0 Å². The van der Waals surface area contributed by atoms with Crippen LogP contribution in [0.3, 0.4) is 0 Å². The van der Waals surface area contributed by atoms with Crippen LogP contribution in [-0.2, 0) is 14.4 Å². The van der Waals surface area contributed by atoms with E-state index in [9.17, 15) is 19.5 Å². The van der Waals surface area contributed by atoms with Gasteiger partial charge in [0.25, 0.3) is 0 Å². The lowest BCUT2D eigenvalue weighted by molar-refractivity contribution is -0.158. The molecule has 0 aliphatic carbocycles. The Morgan fingerprint density at radius 1 is 1.52 bits per heavy atom. The molecule has 0 bridgehead atoms. The van der Waals surface area contributed by atoms with Crippen LogP contribution >= 0.6 is 12.6 Å². The van der Waals surface area contributed by atoms with E-state index in [-0.39, 0.29) is 47.3 Å². The van der Waals surface area contributed by atoms with Crippen molar-refractivity contribution in [1.82, 2.24) is 10.2 Å². The molecule has 7 nitrogen and oxygen atoms in total. The number of nitrogens with one attached hydrogen (secondary N) is 1. The molecule has 0 aromatic carbocycles.